The summed E-state index contributed by atoms with van der Waals surface area (Å²) in [4.78, 5) is 17.0. The van der Waals surface area contributed by atoms with E-state index in [0.717, 1.165) is 11.8 Å². The van der Waals surface area contributed by atoms with Gasteiger partial charge in [0.25, 0.3) is 0 Å². The summed E-state index contributed by atoms with van der Waals surface area (Å²) in [5.74, 6) is -1.07. The highest BCUT2D eigenvalue weighted by molar-refractivity contribution is 8.18. The number of phenols is 1. The van der Waals surface area contributed by atoms with Gasteiger partial charge < -0.3 is 19.7 Å². The van der Waals surface area contributed by atoms with Crippen molar-refractivity contribution in [2.75, 3.05) is 13.7 Å². The van der Waals surface area contributed by atoms with E-state index in [9.17, 15) is 19.4 Å². The average Bonchev–Trinajstić information content (AvgIpc) is 2.98. The molecule has 0 saturated carbocycles. The molecule has 1 aliphatic rings. The number of hydrogen-bond acceptors (Lipinski definition) is 7. The van der Waals surface area contributed by atoms with Gasteiger partial charge in [0.15, 0.2) is 0 Å². The summed E-state index contributed by atoms with van der Waals surface area (Å²) >= 11 is 1.05. The third-order valence-electron chi connectivity index (χ3n) is 3.91. The standard InChI is InChI=1S/C21H18FNO5S/c1-3-28-21(26)18-19(25)17(9-12-7-8-15(24)11-16(12)27-2)29-20(18)23-14-6-4-5-13(22)10-14/h4-11,24-25H,3H2,1-2H3/b17-9+,23-20?. The summed E-state index contributed by atoms with van der Waals surface area (Å²) in [7, 11) is 1.45. The number of aliphatic hydroxyl groups excluding tert-OH is 1. The van der Waals surface area contributed by atoms with Gasteiger partial charge >= 0.3 is 5.97 Å². The number of carbonyl (C=O) groups is 1. The third-order valence-corrected chi connectivity index (χ3v) is 4.93. The Kier molecular flexibility index (Phi) is 6.23. The van der Waals surface area contributed by atoms with Crippen molar-refractivity contribution in [3.63, 3.8) is 0 Å². The molecule has 2 aromatic rings. The quantitative estimate of drug-likeness (QED) is 0.686. The van der Waals surface area contributed by atoms with E-state index in [1.54, 1.807) is 25.1 Å². The molecule has 0 aliphatic carbocycles. The Bertz CT molecular complexity index is 1050. The van der Waals surface area contributed by atoms with Gasteiger partial charge in [-0.05, 0) is 43.3 Å². The molecule has 1 aliphatic heterocycles. The lowest BCUT2D eigenvalue weighted by Gasteiger charge is -2.06. The van der Waals surface area contributed by atoms with Crippen molar-refractivity contribution in [1.82, 2.24) is 0 Å². The molecule has 0 saturated heterocycles. The number of halogens is 1. The van der Waals surface area contributed by atoms with E-state index in [-0.39, 0.29) is 28.7 Å². The number of ether oxygens (including phenoxy) is 2. The van der Waals surface area contributed by atoms with E-state index < -0.39 is 11.8 Å². The fourth-order valence-corrected chi connectivity index (χ4v) is 3.64. The van der Waals surface area contributed by atoms with E-state index >= 15 is 0 Å². The molecule has 0 atom stereocenters. The van der Waals surface area contributed by atoms with E-state index in [2.05, 4.69) is 4.99 Å². The number of thioether (sulfide) groups is 1. The number of aliphatic hydroxyl groups is 1. The second-order valence-electron chi connectivity index (χ2n) is 5.88. The number of hydrogen-bond donors (Lipinski definition) is 2. The molecule has 29 heavy (non-hydrogen) atoms. The topological polar surface area (TPSA) is 88.4 Å². The molecule has 0 aromatic heterocycles. The lowest BCUT2D eigenvalue weighted by Crippen LogP contribution is -2.12. The van der Waals surface area contributed by atoms with Gasteiger partial charge in [0.1, 0.15) is 33.7 Å². The minimum atomic E-state index is -0.728. The number of phenolic OH excluding ortho intramolecular Hbond substituents is 1. The van der Waals surface area contributed by atoms with Gasteiger partial charge in [0.05, 0.1) is 24.3 Å². The van der Waals surface area contributed by atoms with Crippen LogP contribution in [0, 0.1) is 5.82 Å². The van der Waals surface area contributed by atoms with Gasteiger partial charge in [-0.25, -0.2) is 14.2 Å². The maximum absolute atomic E-state index is 13.5. The zero-order valence-corrected chi connectivity index (χ0v) is 16.5. The van der Waals surface area contributed by atoms with Crippen molar-refractivity contribution in [2.45, 2.75) is 6.92 Å². The monoisotopic (exact) mass is 415 g/mol. The first-order chi connectivity index (χ1) is 13.9. The second kappa shape index (κ2) is 8.83. The van der Waals surface area contributed by atoms with Crippen molar-refractivity contribution in [1.29, 1.82) is 0 Å². The molecule has 3 rings (SSSR count). The molecular formula is C21H18FNO5S. The van der Waals surface area contributed by atoms with Crippen molar-refractivity contribution in [3.05, 3.63) is 70.1 Å². The number of nitrogens with zero attached hydrogens (tertiary/aromatic N) is 1. The van der Waals surface area contributed by atoms with Crippen LogP contribution in [0.5, 0.6) is 11.5 Å². The summed E-state index contributed by atoms with van der Waals surface area (Å²) in [6.07, 6.45) is 1.60. The van der Waals surface area contributed by atoms with E-state index in [1.165, 1.54) is 37.4 Å². The molecule has 2 aromatic carbocycles. The van der Waals surface area contributed by atoms with Crippen LogP contribution < -0.4 is 4.74 Å². The maximum atomic E-state index is 13.5. The molecule has 1 heterocycles. The fraction of sp³-hybridized carbons (Fsp3) is 0.143. The molecule has 0 unspecified atom stereocenters. The first-order valence-corrected chi connectivity index (χ1v) is 9.46. The highest BCUT2D eigenvalue weighted by Gasteiger charge is 2.33. The average molecular weight is 415 g/mol. The smallest absolute Gasteiger partial charge is 0.344 e. The van der Waals surface area contributed by atoms with E-state index in [1.807, 2.05) is 0 Å². The largest absolute Gasteiger partial charge is 0.508 e. The van der Waals surface area contributed by atoms with Gasteiger partial charge in [-0.1, -0.05) is 17.8 Å². The summed E-state index contributed by atoms with van der Waals surface area (Å²) in [6.45, 7) is 1.78. The van der Waals surface area contributed by atoms with Crippen molar-refractivity contribution < 1.29 is 28.9 Å². The molecule has 0 fully saturated rings. The Hall–Kier alpha value is -3.26. The Balaban J connectivity index is 2.08. The summed E-state index contributed by atoms with van der Waals surface area (Å²) in [5, 5.41) is 20.5. The number of aromatic hydroxyl groups is 1. The van der Waals surface area contributed by atoms with Gasteiger partial charge in [-0.2, -0.15) is 0 Å². The van der Waals surface area contributed by atoms with E-state index in [0.29, 0.717) is 21.9 Å². The Morgan fingerprint density at radius 3 is 2.72 bits per heavy atom. The van der Waals surface area contributed by atoms with Crippen LogP contribution in [0.4, 0.5) is 10.1 Å². The van der Waals surface area contributed by atoms with Crippen LogP contribution in [0.2, 0.25) is 0 Å². The number of rotatable bonds is 5. The number of benzene rings is 2. The van der Waals surface area contributed by atoms with Gasteiger partial charge in [-0.15, -0.1) is 0 Å². The SMILES string of the molecule is CCOC(=O)C1=C(O)/C(=C\c2ccc(O)cc2OC)SC1=Nc1cccc(F)c1. The predicted octanol–water partition coefficient (Wildman–Crippen LogP) is 4.73. The normalized spacial score (nSPS) is 16.5. The number of aliphatic imine (C=N–C) groups is 1. The fourth-order valence-electron chi connectivity index (χ4n) is 2.62. The highest BCUT2D eigenvalue weighted by atomic mass is 32.2. The van der Waals surface area contributed by atoms with Crippen molar-refractivity contribution in [2.24, 2.45) is 4.99 Å². The van der Waals surface area contributed by atoms with Crippen LogP contribution in [0.1, 0.15) is 12.5 Å². The molecule has 0 spiro atoms. The van der Waals surface area contributed by atoms with Crippen LogP contribution >= 0.6 is 11.8 Å². The van der Waals surface area contributed by atoms with Crippen LogP contribution in [0.25, 0.3) is 6.08 Å². The van der Waals surface area contributed by atoms with Crippen LogP contribution in [0.3, 0.4) is 0 Å². The first-order valence-electron chi connectivity index (χ1n) is 8.64. The van der Waals surface area contributed by atoms with Crippen molar-refractivity contribution in [3.8, 4) is 11.5 Å². The van der Waals surface area contributed by atoms with Crippen LogP contribution in [-0.4, -0.2) is 34.9 Å². The number of methoxy groups -OCH3 is 1. The minimum absolute atomic E-state index is 0.0309. The van der Waals surface area contributed by atoms with Crippen LogP contribution in [-0.2, 0) is 9.53 Å². The molecule has 150 valence electrons. The van der Waals surface area contributed by atoms with Gasteiger partial charge in [-0.3, -0.25) is 0 Å². The lowest BCUT2D eigenvalue weighted by atomic mass is 10.1. The second-order valence-corrected chi connectivity index (χ2v) is 6.91. The minimum Gasteiger partial charge on any atom is -0.508 e. The highest BCUT2D eigenvalue weighted by Crippen LogP contribution is 2.41. The van der Waals surface area contributed by atoms with Crippen LogP contribution in [0.15, 0.2) is 63.7 Å². The molecule has 8 heteroatoms. The van der Waals surface area contributed by atoms with E-state index in [4.69, 9.17) is 9.47 Å². The van der Waals surface area contributed by atoms with Gasteiger partial charge in [0, 0.05) is 11.6 Å². The zero-order chi connectivity index (χ0) is 21.0. The Morgan fingerprint density at radius 2 is 2.03 bits per heavy atom. The molecule has 6 nitrogen and oxygen atoms in total. The first kappa shape index (κ1) is 20.5. The number of esters is 1. The molecule has 0 amide bonds. The predicted molar refractivity (Wildman–Crippen MR) is 110 cm³/mol. The summed E-state index contributed by atoms with van der Waals surface area (Å²) < 4.78 is 23.8. The summed E-state index contributed by atoms with van der Waals surface area (Å²) in [5.41, 5.74) is 0.783. The van der Waals surface area contributed by atoms with Crippen molar-refractivity contribution >= 4 is 34.5 Å². The van der Waals surface area contributed by atoms with Gasteiger partial charge in [0.2, 0.25) is 0 Å². The molecule has 0 radical (unpaired) electrons. The lowest BCUT2D eigenvalue weighted by molar-refractivity contribution is -0.138. The summed E-state index contributed by atoms with van der Waals surface area (Å²) in [6, 6.07) is 10.1. The molecule has 0 bridgehead atoms. The molecule has 2 N–H and O–H groups in total. The maximum Gasteiger partial charge on any atom is 0.344 e. The molecular weight excluding hydrogens is 397 g/mol. The Labute approximate surface area is 171 Å². The Morgan fingerprint density at radius 1 is 1.24 bits per heavy atom. The third kappa shape index (κ3) is 4.60. The number of carbonyl (C=O) groups excluding carboxylic acids is 1. The zero-order valence-electron chi connectivity index (χ0n) is 15.7.